The number of hydrogen-bond donors (Lipinski definition) is 1. The summed E-state index contributed by atoms with van der Waals surface area (Å²) in [5, 5.41) is 3.63. The topological polar surface area (TPSA) is 12.0 Å². The molecule has 0 amide bonds. The minimum absolute atomic E-state index is 0.541. The number of hydrogen-bond acceptors (Lipinski definition) is 1. The normalized spacial score (nSPS) is 33.5. The molecule has 0 radical (unpaired) electrons. The summed E-state index contributed by atoms with van der Waals surface area (Å²) in [6.45, 7) is 8.37. The molecule has 2 atom stereocenters. The van der Waals surface area contributed by atoms with Gasteiger partial charge in [0.25, 0.3) is 0 Å². The maximum absolute atomic E-state index is 3.63. The van der Waals surface area contributed by atoms with E-state index in [4.69, 9.17) is 0 Å². The minimum atomic E-state index is 0.541. The monoisotopic (exact) mass is 181 g/mol. The first-order valence-corrected chi connectivity index (χ1v) is 5.78. The Morgan fingerprint density at radius 3 is 2.38 bits per heavy atom. The summed E-state index contributed by atoms with van der Waals surface area (Å²) in [4.78, 5) is 0. The Balaban J connectivity index is 1.58. The standard InChI is InChI=1S/C12H23N/c1-12(2,3)7-9-6-10(9)8-13-11-4-5-11/h9-11,13H,4-8H2,1-3H3. The highest BCUT2D eigenvalue weighted by atomic mass is 15.0. The van der Waals surface area contributed by atoms with Gasteiger partial charge in [-0.2, -0.15) is 0 Å². The van der Waals surface area contributed by atoms with Crippen LogP contribution in [0.15, 0.2) is 0 Å². The Bertz CT molecular complexity index is 176. The molecular formula is C12H23N. The van der Waals surface area contributed by atoms with Crippen LogP contribution in [0.4, 0.5) is 0 Å². The third-order valence-electron chi connectivity index (χ3n) is 3.19. The van der Waals surface area contributed by atoms with Crippen LogP contribution in [0.5, 0.6) is 0 Å². The van der Waals surface area contributed by atoms with Crippen molar-refractivity contribution in [2.24, 2.45) is 17.3 Å². The highest BCUT2D eigenvalue weighted by Gasteiger charge is 2.39. The molecule has 0 aromatic heterocycles. The molecule has 2 saturated carbocycles. The molecule has 2 fully saturated rings. The van der Waals surface area contributed by atoms with Crippen LogP contribution in [-0.2, 0) is 0 Å². The van der Waals surface area contributed by atoms with Crippen molar-refractivity contribution in [2.75, 3.05) is 6.54 Å². The minimum Gasteiger partial charge on any atom is -0.314 e. The van der Waals surface area contributed by atoms with Crippen molar-refractivity contribution in [3.63, 3.8) is 0 Å². The summed E-state index contributed by atoms with van der Waals surface area (Å²) in [5.41, 5.74) is 0.541. The first-order chi connectivity index (χ1) is 6.04. The van der Waals surface area contributed by atoms with E-state index in [9.17, 15) is 0 Å². The van der Waals surface area contributed by atoms with Crippen molar-refractivity contribution >= 4 is 0 Å². The van der Waals surface area contributed by atoms with E-state index in [1.807, 2.05) is 0 Å². The summed E-state index contributed by atoms with van der Waals surface area (Å²) >= 11 is 0. The molecule has 2 rings (SSSR count). The van der Waals surface area contributed by atoms with Crippen LogP contribution in [0.1, 0.15) is 46.5 Å². The molecule has 2 unspecified atom stereocenters. The molecule has 2 aliphatic carbocycles. The first-order valence-electron chi connectivity index (χ1n) is 5.78. The second-order valence-electron chi connectivity index (χ2n) is 6.20. The molecule has 0 heterocycles. The van der Waals surface area contributed by atoms with E-state index in [-0.39, 0.29) is 0 Å². The van der Waals surface area contributed by atoms with Crippen LogP contribution in [0.2, 0.25) is 0 Å². The summed E-state index contributed by atoms with van der Waals surface area (Å²) in [6, 6.07) is 0.899. The van der Waals surface area contributed by atoms with E-state index >= 15 is 0 Å². The van der Waals surface area contributed by atoms with E-state index in [1.165, 1.54) is 32.2 Å². The Labute approximate surface area is 82.3 Å². The Hall–Kier alpha value is -0.0400. The highest BCUT2D eigenvalue weighted by Crippen LogP contribution is 2.45. The smallest absolute Gasteiger partial charge is 0.00683 e. The summed E-state index contributed by atoms with van der Waals surface area (Å²) in [6.07, 6.45) is 5.76. The molecule has 0 bridgehead atoms. The summed E-state index contributed by atoms with van der Waals surface area (Å²) in [7, 11) is 0. The Kier molecular flexibility index (Phi) is 2.39. The fourth-order valence-electron chi connectivity index (χ4n) is 2.20. The molecule has 13 heavy (non-hydrogen) atoms. The van der Waals surface area contributed by atoms with E-state index in [2.05, 4.69) is 26.1 Å². The molecule has 0 spiro atoms. The fraction of sp³-hybridized carbons (Fsp3) is 1.00. The van der Waals surface area contributed by atoms with Crippen molar-refractivity contribution in [1.82, 2.24) is 5.32 Å². The SMILES string of the molecule is CC(C)(C)CC1CC1CNC1CC1. The number of rotatable bonds is 4. The lowest BCUT2D eigenvalue weighted by atomic mass is 9.89. The lowest BCUT2D eigenvalue weighted by Gasteiger charge is -2.17. The van der Waals surface area contributed by atoms with Gasteiger partial charge in [0.2, 0.25) is 0 Å². The van der Waals surface area contributed by atoms with E-state index in [0.717, 1.165) is 17.9 Å². The second kappa shape index (κ2) is 3.27. The maximum atomic E-state index is 3.63. The quantitative estimate of drug-likeness (QED) is 0.703. The van der Waals surface area contributed by atoms with Gasteiger partial charge in [0, 0.05) is 6.04 Å². The second-order valence-corrected chi connectivity index (χ2v) is 6.20. The van der Waals surface area contributed by atoms with Crippen molar-refractivity contribution < 1.29 is 0 Å². The van der Waals surface area contributed by atoms with Gasteiger partial charge in [-0.05, 0) is 49.5 Å². The van der Waals surface area contributed by atoms with Crippen LogP contribution in [0, 0.1) is 17.3 Å². The van der Waals surface area contributed by atoms with Crippen LogP contribution < -0.4 is 5.32 Å². The maximum Gasteiger partial charge on any atom is 0.00683 e. The van der Waals surface area contributed by atoms with Crippen LogP contribution >= 0.6 is 0 Å². The fourth-order valence-corrected chi connectivity index (χ4v) is 2.20. The summed E-state index contributed by atoms with van der Waals surface area (Å²) in [5.74, 6) is 2.05. The molecule has 0 aromatic rings. The van der Waals surface area contributed by atoms with E-state index < -0.39 is 0 Å². The number of nitrogens with one attached hydrogen (secondary N) is 1. The van der Waals surface area contributed by atoms with Crippen molar-refractivity contribution in [2.45, 2.75) is 52.5 Å². The molecule has 0 aromatic carbocycles. The van der Waals surface area contributed by atoms with Gasteiger partial charge in [0.1, 0.15) is 0 Å². The highest BCUT2D eigenvalue weighted by molar-refractivity contribution is 4.92. The molecule has 1 N–H and O–H groups in total. The largest absolute Gasteiger partial charge is 0.314 e. The average molecular weight is 181 g/mol. The molecule has 1 heteroatoms. The van der Waals surface area contributed by atoms with Gasteiger partial charge in [-0.3, -0.25) is 0 Å². The van der Waals surface area contributed by atoms with Gasteiger partial charge in [0.15, 0.2) is 0 Å². The van der Waals surface area contributed by atoms with Crippen molar-refractivity contribution in [3.8, 4) is 0 Å². The average Bonchev–Trinajstić information content (AvgIpc) is 2.74. The third kappa shape index (κ3) is 3.30. The van der Waals surface area contributed by atoms with Crippen LogP contribution in [-0.4, -0.2) is 12.6 Å². The first kappa shape index (κ1) is 9.51. The van der Waals surface area contributed by atoms with Crippen molar-refractivity contribution in [1.29, 1.82) is 0 Å². The van der Waals surface area contributed by atoms with Gasteiger partial charge in [-0.25, -0.2) is 0 Å². The Morgan fingerprint density at radius 1 is 1.15 bits per heavy atom. The van der Waals surface area contributed by atoms with Gasteiger partial charge in [0.05, 0.1) is 0 Å². The van der Waals surface area contributed by atoms with Gasteiger partial charge in [-0.15, -0.1) is 0 Å². The van der Waals surface area contributed by atoms with Crippen LogP contribution in [0.25, 0.3) is 0 Å². The zero-order valence-corrected chi connectivity index (χ0v) is 9.27. The lowest BCUT2D eigenvalue weighted by molar-refractivity contribution is 0.342. The predicted molar refractivity (Wildman–Crippen MR) is 56.7 cm³/mol. The molecule has 2 aliphatic rings. The van der Waals surface area contributed by atoms with Gasteiger partial charge >= 0.3 is 0 Å². The molecule has 1 nitrogen and oxygen atoms in total. The van der Waals surface area contributed by atoms with E-state index in [1.54, 1.807) is 0 Å². The van der Waals surface area contributed by atoms with Gasteiger partial charge in [-0.1, -0.05) is 20.8 Å². The summed E-state index contributed by atoms with van der Waals surface area (Å²) < 4.78 is 0. The van der Waals surface area contributed by atoms with E-state index in [0.29, 0.717) is 5.41 Å². The predicted octanol–water partition coefficient (Wildman–Crippen LogP) is 2.81. The molecule has 0 aliphatic heterocycles. The Morgan fingerprint density at radius 2 is 1.85 bits per heavy atom. The lowest BCUT2D eigenvalue weighted by Crippen LogP contribution is -2.20. The molecule has 76 valence electrons. The molecular weight excluding hydrogens is 158 g/mol. The van der Waals surface area contributed by atoms with Crippen LogP contribution in [0.3, 0.4) is 0 Å². The molecule has 0 saturated heterocycles. The zero-order valence-electron chi connectivity index (χ0n) is 9.27. The third-order valence-corrected chi connectivity index (χ3v) is 3.19. The zero-order chi connectivity index (χ0) is 9.47. The van der Waals surface area contributed by atoms with Crippen molar-refractivity contribution in [3.05, 3.63) is 0 Å². The van der Waals surface area contributed by atoms with Gasteiger partial charge < -0.3 is 5.32 Å².